The second-order valence-electron chi connectivity index (χ2n) is 12.4. The highest BCUT2D eigenvalue weighted by Gasteiger charge is 2.43. The van der Waals surface area contributed by atoms with Crippen molar-refractivity contribution in [3.05, 3.63) is 18.2 Å². The minimum atomic E-state index is -0.967. The molecule has 1 aromatic carbocycles. The molecule has 3 fully saturated rings. The van der Waals surface area contributed by atoms with Gasteiger partial charge in [-0.15, -0.1) is 0 Å². The summed E-state index contributed by atoms with van der Waals surface area (Å²) in [4.78, 5) is 31.0. The number of methoxy groups -OCH3 is 1. The van der Waals surface area contributed by atoms with Crippen LogP contribution in [-0.2, 0) is 14.3 Å². The molecule has 2 amide bonds. The van der Waals surface area contributed by atoms with Crippen LogP contribution in [0.4, 0.5) is 11.4 Å². The van der Waals surface area contributed by atoms with Crippen molar-refractivity contribution in [1.82, 2.24) is 5.32 Å². The normalized spacial score (nSPS) is 29.1. The van der Waals surface area contributed by atoms with E-state index in [1.54, 1.807) is 25.9 Å². The van der Waals surface area contributed by atoms with E-state index in [0.717, 1.165) is 37.8 Å². The van der Waals surface area contributed by atoms with Gasteiger partial charge in [-0.05, 0) is 88.8 Å². The minimum absolute atomic E-state index is 0.0189. The van der Waals surface area contributed by atoms with Gasteiger partial charge < -0.3 is 34.8 Å². The monoisotopic (exact) mass is 543 g/mol. The van der Waals surface area contributed by atoms with E-state index >= 15 is 0 Å². The van der Waals surface area contributed by atoms with Crippen LogP contribution in [0.5, 0.6) is 5.75 Å². The zero-order chi connectivity index (χ0) is 27.7. The smallest absolute Gasteiger partial charge is 0.270 e. The molecular weight excluding hydrogens is 498 g/mol. The molecule has 9 heteroatoms. The molecule has 0 bridgehead atoms. The first kappa shape index (κ1) is 28.3. The highest BCUT2D eigenvalue weighted by Crippen LogP contribution is 2.43. The highest BCUT2D eigenvalue weighted by molar-refractivity contribution is 6.04. The number of aliphatic hydroxyl groups excluding tert-OH is 2. The Labute approximate surface area is 231 Å². The maximum atomic E-state index is 14.0. The molecule has 0 aromatic heterocycles. The van der Waals surface area contributed by atoms with Gasteiger partial charge in [0.15, 0.2) is 5.60 Å². The Morgan fingerprint density at radius 3 is 2.74 bits per heavy atom. The Hall–Kier alpha value is -2.20. The average Bonchev–Trinajstić information content (AvgIpc) is 3.67. The van der Waals surface area contributed by atoms with Gasteiger partial charge in [0.1, 0.15) is 5.75 Å². The summed E-state index contributed by atoms with van der Waals surface area (Å²) in [6.07, 6.45) is 5.76. The predicted octanol–water partition coefficient (Wildman–Crippen LogP) is 2.86. The number of ether oxygens (including phenoxy) is 2. The summed E-state index contributed by atoms with van der Waals surface area (Å²) in [6, 6.07) is 5.88. The fourth-order valence-corrected chi connectivity index (χ4v) is 6.59. The lowest BCUT2D eigenvalue weighted by molar-refractivity contribution is -0.132. The summed E-state index contributed by atoms with van der Waals surface area (Å²) < 4.78 is 11.3. The van der Waals surface area contributed by atoms with Crippen molar-refractivity contribution in [3.8, 4) is 5.75 Å². The van der Waals surface area contributed by atoms with Crippen LogP contribution in [0.25, 0.3) is 0 Å². The third-order valence-corrected chi connectivity index (χ3v) is 8.96. The summed E-state index contributed by atoms with van der Waals surface area (Å²) in [7, 11) is 1.65. The van der Waals surface area contributed by atoms with Crippen molar-refractivity contribution in [2.24, 2.45) is 17.8 Å². The maximum Gasteiger partial charge on any atom is 0.270 e. The van der Waals surface area contributed by atoms with Gasteiger partial charge >= 0.3 is 0 Å². The first-order chi connectivity index (χ1) is 18.7. The molecule has 0 spiro atoms. The molecule has 39 heavy (non-hydrogen) atoms. The van der Waals surface area contributed by atoms with Crippen molar-refractivity contribution >= 4 is 23.2 Å². The molecule has 2 saturated carbocycles. The Bertz CT molecular complexity index is 1040. The van der Waals surface area contributed by atoms with E-state index < -0.39 is 11.7 Å². The molecule has 2 aliphatic carbocycles. The molecule has 5 atom stereocenters. The van der Waals surface area contributed by atoms with Crippen molar-refractivity contribution in [1.29, 1.82) is 0 Å². The Kier molecular flexibility index (Phi) is 8.52. The van der Waals surface area contributed by atoms with Crippen molar-refractivity contribution in [2.75, 3.05) is 43.2 Å². The third-order valence-electron chi connectivity index (χ3n) is 8.96. The van der Waals surface area contributed by atoms with Gasteiger partial charge in [0.05, 0.1) is 23.8 Å². The van der Waals surface area contributed by atoms with E-state index in [1.165, 1.54) is 0 Å². The molecule has 1 aromatic rings. The zero-order valence-corrected chi connectivity index (χ0v) is 23.6. The molecule has 1 saturated heterocycles. The second-order valence-corrected chi connectivity index (χ2v) is 12.4. The zero-order valence-electron chi connectivity index (χ0n) is 23.6. The number of nitrogens with zero attached hydrogens (tertiary/aromatic N) is 2. The number of hydrogen-bond donors (Lipinski definition) is 3. The summed E-state index contributed by atoms with van der Waals surface area (Å²) >= 11 is 0. The number of aliphatic hydroxyl groups is 2. The average molecular weight is 544 g/mol. The van der Waals surface area contributed by atoms with Gasteiger partial charge in [0.2, 0.25) is 5.91 Å². The fourth-order valence-electron chi connectivity index (χ4n) is 6.59. The number of fused-ring (bicyclic) bond motifs is 1. The number of hydrogen-bond acceptors (Lipinski definition) is 7. The number of benzene rings is 1. The van der Waals surface area contributed by atoms with E-state index in [-0.39, 0.29) is 41.7 Å². The van der Waals surface area contributed by atoms with E-state index in [9.17, 15) is 19.8 Å². The number of carbonyl (C=O) groups excluding carboxylic acids is 2. The summed E-state index contributed by atoms with van der Waals surface area (Å²) in [5.74, 6) is 0.495. The fraction of sp³-hybridized carbons (Fsp3) is 0.733. The molecule has 5 rings (SSSR count). The highest BCUT2D eigenvalue weighted by atomic mass is 16.5. The molecular formula is C30H45N3O6. The van der Waals surface area contributed by atoms with Gasteiger partial charge in [0.25, 0.3) is 5.91 Å². The Morgan fingerprint density at radius 2 is 2.05 bits per heavy atom. The first-order valence-electron chi connectivity index (χ1n) is 14.7. The second kappa shape index (κ2) is 11.7. The van der Waals surface area contributed by atoms with Crippen LogP contribution in [0.3, 0.4) is 0 Å². The third kappa shape index (κ3) is 6.11. The van der Waals surface area contributed by atoms with E-state index in [1.807, 2.05) is 23.1 Å². The molecule has 9 nitrogen and oxygen atoms in total. The lowest BCUT2D eigenvalue weighted by Crippen LogP contribution is -2.53. The van der Waals surface area contributed by atoms with Gasteiger partial charge in [-0.1, -0.05) is 6.42 Å². The maximum absolute atomic E-state index is 14.0. The van der Waals surface area contributed by atoms with E-state index in [2.05, 4.69) is 5.32 Å². The van der Waals surface area contributed by atoms with Gasteiger partial charge in [-0.2, -0.15) is 0 Å². The van der Waals surface area contributed by atoms with Crippen LogP contribution in [0, 0.1) is 17.8 Å². The summed E-state index contributed by atoms with van der Waals surface area (Å²) in [5, 5.41) is 24.6. The van der Waals surface area contributed by atoms with Crippen LogP contribution in [0.2, 0.25) is 0 Å². The van der Waals surface area contributed by atoms with Crippen LogP contribution in [0.15, 0.2) is 18.2 Å². The Balaban J connectivity index is 1.34. The number of anilines is 2. The van der Waals surface area contributed by atoms with Crippen molar-refractivity contribution < 1.29 is 29.3 Å². The van der Waals surface area contributed by atoms with Crippen LogP contribution >= 0.6 is 0 Å². The van der Waals surface area contributed by atoms with Gasteiger partial charge in [-0.25, -0.2) is 0 Å². The van der Waals surface area contributed by atoms with Crippen LogP contribution in [-0.4, -0.2) is 79.2 Å². The van der Waals surface area contributed by atoms with Gasteiger partial charge in [-0.3, -0.25) is 9.59 Å². The molecule has 4 aliphatic rings. The lowest BCUT2D eigenvalue weighted by Gasteiger charge is -2.40. The van der Waals surface area contributed by atoms with Crippen LogP contribution in [0.1, 0.15) is 65.2 Å². The van der Waals surface area contributed by atoms with E-state index in [4.69, 9.17) is 9.47 Å². The molecule has 0 radical (unpaired) electrons. The molecule has 2 heterocycles. The van der Waals surface area contributed by atoms with Crippen molar-refractivity contribution in [2.45, 2.75) is 89.1 Å². The number of carbonyl (C=O) groups is 2. The van der Waals surface area contributed by atoms with Crippen LogP contribution < -0.4 is 19.9 Å². The summed E-state index contributed by atoms with van der Waals surface area (Å²) in [6.45, 7) is 5.89. The molecule has 3 N–H and O–H groups in total. The number of piperidine rings is 1. The summed E-state index contributed by atoms with van der Waals surface area (Å²) in [5.41, 5.74) is 0.508. The Morgan fingerprint density at radius 1 is 1.26 bits per heavy atom. The van der Waals surface area contributed by atoms with Crippen molar-refractivity contribution in [3.63, 3.8) is 0 Å². The van der Waals surface area contributed by atoms with Gasteiger partial charge in [0, 0.05) is 45.1 Å². The SMILES string of the molecule is COCCCN1C(=O)C(C)(C)Oc2ccc(N(C(=O)[C@H]3CNC[C@@H](C(O)CC4CCC[C@H]4O)C3)C3CC3)cc21. The first-order valence-corrected chi connectivity index (χ1v) is 14.7. The molecule has 216 valence electrons. The lowest BCUT2D eigenvalue weighted by atomic mass is 9.82. The van der Waals surface area contributed by atoms with E-state index in [0.29, 0.717) is 56.9 Å². The quantitative estimate of drug-likeness (QED) is 0.389. The number of rotatable bonds is 10. The predicted molar refractivity (Wildman–Crippen MR) is 149 cm³/mol. The largest absolute Gasteiger partial charge is 0.476 e. The standard InChI is InChI=1S/C30H45N3O6/c1-30(2)29(37)32(12-5-13-38-3)24-16-23(10-11-27(24)39-30)33(22-8-9-22)28(36)21-14-20(17-31-18-21)26(35)15-19-6-4-7-25(19)34/h10-11,16,19-22,25-26,31,34-35H,4-9,12-15,17-18H2,1-3H3/t19?,20-,21+,25+,26?/m0/s1. The minimum Gasteiger partial charge on any atom is -0.476 e. The number of amides is 2. The molecule has 2 aliphatic heterocycles. The topological polar surface area (TPSA) is 112 Å². The molecule has 2 unspecified atom stereocenters. The number of nitrogens with one attached hydrogen (secondary N) is 1.